The minimum Gasteiger partial charge on any atom is -0.475 e. The molecule has 0 unspecified atom stereocenters. The van der Waals surface area contributed by atoms with E-state index in [1.165, 1.54) is 0 Å². The van der Waals surface area contributed by atoms with E-state index in [1.807, 2.05) is 11.6 Å². The van der Waals surface area contributed by atoms with Crippen LogP contribution >= 0.6 is 11.3 Å². The smallest absolute Gasteiger partial charge is 0.475 e. The molecule has 2 fully saturated rings. The maximum absolute atomic E-state index is 12.2. The fraction of sp³-hybridized carbons (Fsp3) is 0.647. The van der Waals surface area contributed by atoms with Gasteiger partial charge in [-0.3, -0.25) is 14.5 Å². The number of thiazole rings is 1. The molecule has 0 aliphatic carbocycles. The number of rotatable bonds is 4. The highest BCUT2D eigenvalue weighted by Crippen LogP contribution is 2.32. The van der Waals surface area contributed by atoms with Gasteiger partial charge in [0.25, 0.3) is 0 Å². The molecule has 2 saturated heterocycles. The first-order chi connectivity index (χ1) is 13.5. The standard InChI is InChI=1S/C15H22N4O2S.C2HF3O2/c1-17(2)15(21)10-19-12-5-7-18(9-13-16-6-8-22-13)11(12)3-4-14(19)20;3-2(4,5)1(6)7/h6,8,11-12H,3-5,7,9-10H2,1-2H3;(H,6,7)/t11-,12-;/m1./s1. The van der Waals surface area contributed by atoms with Gasteiger partial charge in [-0.05, 0) is 12.8 Å². The van der Waals surface area contributed by atoms with Crippen LogP contribution in [0.4, 0.5) is 13.2 Å². The summed E-state index contributed by atoms with van der Waals surface area (Å²) in [7, 11) is 3.47. The highest BCUT2D eigenvalue weighted by molar-refractivity contribution is 7.09. The van der Waals surface area contributed by atoms with Crippen molar-refractivity contribution in [3.8, 4) is 0 Å². The Kier molecular flexibility index (Phi) is 7.58. The molecular weight excluding hydrogens is 413 g/mol. The molecule has 1 N–H and O–H groups in total. The molecule has 0 bridgehead atoms. The van der Waals surface area contributed by atoms with E-state index >= 15 is 0 Å². The van der Waals surface area contributed by atoms with Crippen molar-refractivity contribution in [2.45, 2.75) is 44.1 Å². The highest BCUT2D eigenvalue weighted by Gasteiger charge is 2.43. The number of aliphatic carboxylic acids is 1. The van der Waals surface area contributed by atoms with Crippen molar-refractivity contribution >= 4 is 29.1 Å². The Balaban J connectivity index is 0.000000370. The van der Waals surface area contributed by atoms with Crippen LogP contribution in [0.1, 0.15) is 24.3 Å². The Bertz CT molecular complexity index is 727. The van der Waals surface area contributed by atoms with Gasteiger partial charge in [-0.2, -0.15) is 13.2 Å². The number of fused-ring (bicyclic) bond motifs is 1. The Morgan fingerprint density at radius 2 is 1.97 bits per heavy atom. The van der Waals surface area contributed by atoms with Crippen LogP contribution in [0.15, 0.2) is 11.6 Å². The zero-order chi connectivity index (χ0) is 21.8. The quantitative estimate of drug-likeness (QED) is 0.768. The van der Waals surface area contributed by atoms with Crippen molar-refractivity contribution < 1.29 is 32.7 Å². The normalized spacial score (nSPS) is 22.0. The van der Waals surface area contributed by atoms with Crippen molar-refractivity contribution in [3.63, 3.8) is 0 Å². The molecule has 2 aliphatic heterocycles. The molecule has 1 aromatic rings. The van der Waals surface area contributed by atoms with Crippen LogP contribution < -0.4 is 0 Å². The topological polar surface area (TPSA) is 94.1 Å². The number of halogens is 3. The Morgan fingerprint density at radius 1 is 1.31 bits per heavy atom. The van der Waals surface area contributed by atoms with Crippen LogP contribution in [0.25, 0.3) is 0 Å². The van der Waals surface area contributed by atoms with E-state index in [-0.39, 0.29) is 24.4 Å². The lowest BCUT2D eigenvalue weighted by Crippen LogP contribution is -2.54. The van der Waals surface area contributed by atoms with Gasteiger partial charge in [-0.25, -0.2) is 9.78 Å². The molecule has 1 aromatic heterocycles. The van der Waals surface area contributed by atoms with Crippen LogP contribution in [0, 0.1) is 0 Å². The first-order valence-corrected chi connectivity index (χ1v) is 9.80. The van der Waals surface area contributed by atoms with E-state index in [4.69, 9.17) is 9.90 Å². The summed E-state index contributed by atoms with van der Waals surface area (Å²) in [6.07, 6.45) is -0.875. The van der Waals surface area contributed by atoms with Gasteiger partial charge in [-0.15, -0.1) is 11.3 Å². The summed E-state index contributed by atoms with van der Waals surface area (Å²) >= 11 is 1.67. The number of nitrogens with zero attached hydrogens (tertiary/aromatic N) is 4. The van der Waals surface area contributed by atoms with E-state index < -0.39 is 12.1 Å². The second-order valence-corrected chi connectivity index (χ2v) is 7.95. The number of aromatic nitrogens is 1. The number of carboxylic acid groups (broad SMARTS) is 1. The summed E-state index contributed by atoms with van der Waals surface area (Å²) in [6, 6.07) is 0.529. The molecule has 2 atom stereocenters. The molecule has 29 heavy (non-hydrogen) atoms. The summed E-state index contributed by atoms with van der Waals surface area (Å²) in [5.74, 6) is -2.65. The fourth-order valence-electron chi connectivity index (χ4n) is 3.43. The SMILES string of the molecule is CN(C)C(=O)CN1C(=O)CC[C@@H]2[C@H]1CCN2Cc1nccs1.O=C(O)C(F)(F)F. The van der Waals surface area contributed by atoms with Gasteiger partial charge in [0.2, 0.25) is 11.8 Å². The van der Waals surface area contributed by atoms with Crippen molar-refractivity contribution in [1.29, 1.82) is 0 Å². The summed E-state index contributed by atoms with van der Waals surface area (Å²) in [6.45, 7) is 2.02. The number of alkyl halides is 3. The molecule has 3 heterocycles. The molecule has 2 amide bonds. The number of amides is 2. The molecule has 12 heteroatoms. The molecule has 0 radical (unpaired) electrons. The predicted molar refractivity (Wildman–Crippen MR) is 98.0 cm³/mol. The average Bonchev–Trinajstić information content (AvgIpc) is 3.27. The molecule has 2 aliphatic rings. The first kappa shape index (κ1) is 23.1. The molecule has 0 aromatic carbocycles. The van der Waals surface area contributed by atoms with Gasteiger partial charge >= 0.3 is 12.1 Å². The summed E-state index contributed by atoms with van der Waals surface area (Å²) in [4.78, 5) is 43.3. The Labute approximate surface area is 169 Å². The number of likely N-dealkylation sites (tertiary alicyclic amines) is 2. The summed E-state index contributed by atoms with van der Waals surface area (Å²) < 4.78 is 31.7. The van der Waals surface area contributed by atoms with Crippen LogP contribution in [-0.4, -0.2) is 88.0 Å². The third kappa shape index (κ3) is 6.13. The molecule has 8 nitrogen and oxygen atoms in total. The maximum Gasteiger partial charge on any atom is 0.490 e. The first-order valence-electron chi connectivity index (χ1n) is 8.93. The largest absolute Gasteiger partial charge is 0.490 e. The van der Waals surface area contributed by atoms with E-state index in [9.17, 15) is 22.8 Å². The zero-order valence-electron chi connectivity index (χ0n) is 16.1. The minimum atomic E-state index is -5.08. The van der Waals surface area contributed by atoms with Crippen molar-refractivity contribution in [1.82, 2.24) is 19.7 Å². The summed E-state index contributed by atoms with van der Waals surface area (Å²) in [5, 5.41) is 10.2. The number of carbonyl (C=O) groups excluding carboxylic acids is 2. The average molecular weight is 436 g/mol. The second kappa shape index (κ2) is 9.53. The lowest BCUT2D eigenvalue weighted by atomic mass is 9.96. The third-order valence-electron chi connectivity index (χ3n) is 4.87. The fourth-order valence-corrected chi connectivity index (χ4v) is 4.07. The number of hydrogen-bond acceptors (Lipinski definition) is 6. The van der Waals surface area contributed by atoms with Crippen molar-refractivity contribution in [3.05, 3.63) is 16.6 Å². The number of piperidine rings is 1. The number of hydrogen-bond donors (Lipinski definition) is 1. The van der Waals surface area contributed by atoms with Crippen LogP contribution in [0.5, 0.6) is 0 Å². The second-order valence-electron chi connectivity index (χ2n) is 6.97. The third-order valence-corrected chi connectivity index (χ3v) is 5.63. The van der Waals surface area contributed by atoms with Crippen molar-refractivity contribution in [2.24, 2.45) is 0 Å². The Hall–Kier alpha value is -2.21. The van der Waals surface area contributed by atoms with Gasteiger partial charge in [0.15, 0.2) is 0 Å². The van der Waals surface area contributed by atoms with Crippen LogP contribution in [0.2, 0.25) is 0 Å². The van der Waals surface area contributed by atoms with Gasteiger partial charge in [0.05, 0.1) is 6.54 Å². The van der Waals surface area contributed by atoms with E-state index in [0.29, 0.717) is 12.5 Å². The summed E-state index contributed by atoms with van der Waals surface area (Å²) in [5.41, 5.74) is 0. The van der Waals surface area contributed by atoms with Crippen LogP contribution in [0.3, 0.4) is 0 Å². The molecule has 0 saturated carbocycles. The highest BCUT2D eigenvalue weighted by atomic mass is 32.1. The van der Waals surface area contributed by atoms with Crippen LogP contribution in [-0.2, 0) is 20.9 Å². The van der Waals surface area contributed by atoms with E-state index in [1.54, 1.807) is 35.2 Å². The molecule has 3 rings (SSSR count). The minimum absolute atomic E-state index is 0.00706. The van der Waals surface area contributed by atoms with Crippen molar-refractivity contribution in [2.75, 3.05) is 27.2 Å². The maximum atomic E-state index is 12.2. The molecule has 162 valence electrons. The van der Waals surface area contributed by atoms with Gasteiger partial charge < -0.3 is 14.9 Å². The molecular formula is C17H23F3N4O4S. The Morgan fingerprint density at radius 3 is 2.48 bits per heavy atom. The number of likely N-dealkylation sites (N-methyl/N-ethyl adjacent to an activating group) is 1. The monoisotopic (exact) mass is 436 g/mol. The lowest BCUT2D eigenvalue weighted by Gasteiger charge is -2.39. The number of carbonyl (C=O) groups is 3. The lowest BCUT2D eigenvalue weighted by molar-refractivity contribution is -0.192. The van der Waals surface area contributed by atoms with Gasteiger partial charge in [0.1, 0.15) is 11.6 Å². The van der Waals surface area contributed by atoms with Gasteiger partial charge in [0, 0.05) is 50.7 Å². The van der Waals surface area contributed by atoms with Gasteiger partial charge in [-0.1, -0.05) is 0 Å². The molecule has 0 spiro atoms. The number of carboxylic acids is 1. The van der Waals surface area contributed by atoms with E-state index in [2.05, 4.69) is 9.88 Å². The predicted octanol–water partition coefficient (Wildman–Crippen LogP) is 1.43. The van der Waals surface area contributed by atoms with E-state index in [0.717, 1.165) is 30.9 Å². The zero-order valence-corrected chi connectivity index (χ0v) is 16.9.